The molecule has 0 radical (unpaired) electrons. The molecule has 1 aromatic rings. The quantitative estimate of drug-likeness (QED) is 0.830. The molecule has 0 spiro atoms. The van der Waals surface area contributed by atoms with Gasteiger partial charge < -0.3 is 15.1 Å². The Balaban J connectivity index is 1.62. The number of hydrogen-bond donors (Lipinski definition) is 1. The molecule has 19 heavy (non-hydrogen) atoms. The molecule has 1 aliphatic carbocycles. The molecule has 2 atom stereocenters. The van der Waals surface area contributed by atoms with Crippen LogP contribution in [-0.4, -0.2) is 44.7 Å². The molecule has 2 bridgehead atoms. The lowest BCUT2D eigenvalue weighted by Gasteiger charge is -2.34. The summed E-state index contributed by atoms with van der Waals surface area (Å²) in [5, 5.41) is 3.68. The largest absolute Gasteiger partial charge is 0.369 e. The van der Waals surface area contributed by atoms with Gasteiger partial charge in [-0.2, -0.15) is 0 Å². The van der Waals surface area contributed by atoms with Crippen molar-refractivity contribution in [3.63, 3.8) is 0 Å². The van der Waals surface area contributed by atoms with Gasteiger partial charge in [0.25, 0.3) is 0 Å². The van der Waals surface area contributed by atoms with Crippen molar-refractivity contribution in [1.82, 2.24) is 10.2 Å². The van der Waals surface area contributed by atoms with Gasteiger partial charge in [0, 0.05) is 37.9 Å². The van der Waals surface area contributed by atoms with Crippen molar-refractivity contribution in [1.29, 1.82) is 0 Å². The number of benzene rings is 1. The van der Waals surface area contributed by atoms with Crippen molar-refractivity contribution in [3.05, 3.63) is 29.3 Å². The van der Waals surface area contributed by atoms with Crippen molar-refractivity contribution in [2.75, 3.05) is 44.7 Å². The fraction of sp³-hybridized carbons (Fsp3) is 0.625. The van der Waals surface area contributed by atoms with E-state index in [1.807, 2.05) is 0 Å². The first-order chi connectivity index (χ1) is 9.31. The number of nitrogens with zero attached hydrogens (tertiary/aromatic N) is 2. The third-order valence-corrected chi connectivity index (χ3v) is 5.16. The summed E-state index contributed by atoms with van der Waals surface area (Å²) in [5.41, 5.74) is 4.63. The zero-order valence-electron chi connectivity index (χ0n) is 11.7. The molecule has 3 nitrogen and oxygen atoms in total. The molecule has 0 amide bonds. The van der Waals surface area contributed by atoms with Crippen LogP contribution in [0, 0.1) is 0 Å². The third-order valence-electron chi connectivity index (χ3n) is 5.16. The molecule has 4 rings (SSSR count). The minimum Gasteiger partial charge on any atom is -0.369 e. The molecule has 2 saturated heterocycles. The van der Waals surface area contributed by atoms with Crippen LogP contribution in [0.4, 0.5) is 5.69 Å². The van der Waals surface area contributed by atoms with Gasteiger partial charge in [-0.1, -0.05) is 6.07 Å². The Morgan fingerprint density at radius 3 is 2.79 bits per heavy atom. The van der Waals surface area contributed by atoms with Gasteiger partial charge in [-0.3, -0.25) is 0 Å². The summed E-state index contributed by atoms with van der Waals surface area (Å²) in [6, 6.07) is 7.84. The Hall–Kier alpha value is -1.06. The van der Waals surface area contributed by atoms with Gasteiger partial charge in [-0.15, -0.1) is 0 Å². The van der Waals surface area contributed by atoms with Crippen LogP contribution in [0.3, 0.4) is 0 Å². The molecule has 3 aliphatic rings. The highest BCUT2D eigenvalue weighted by molar-refractivity contribution is 5.55. The van der Waals surface area contributed by atoms with E-state index in [1.54, 1.807) is 11.1 Å². The van der Waals surface area contributed by atoms with E-state index < -0.39 is 0 Å². The summed E-state index contributed by atoms with van der Waals surface area (Å²) < 4.78 is 0. The highest BCUT2D eigenvalue weighted by atomic mass is 15.2. The number of likely N-dealkylation sites (N-methyl/N-ethyl adjacent to an activating group) is 1. The van der Waals surface area contributed by atoms with E-state index in [9.17, 15) is 0 Å². The van der Waals surface area contributed by atoms with E-state index in [0.717, 1.165) is 19.0 Å². The summed E-state index contributed by atoms with van der Waals surface area (Å²) in [6.07, 6.45) is 2.64. The van der Waals surface area contributed by atoms with Gasteiger partial charge in [-0.25, -0.2) is 0 Å². The smallest absolute Gasteiger partial charge is 0.0370 e. The molecule has 3 heteroatoms. The number of anilines is 1. The van der Waals surface area contributed by atoms with E-state index in [0.29, 0.717) is 6.04 Å². The summed E-state index contributed by atoms with van der Waals surface area (Å²) >= 11 is 0. The van der Waals surface area contributed by atoms with Gasteiger partial charge in [0.15, 0.2) is 0 Å². The Labute approximate surface area is 115 Å². The number of piperazine rings is 1. The van der Waals surface area contributed by atoms with E-state index in [-0.39, 0.29) is 0 Å². The molecule has 0 aromatic heterocycles. The van der Waals surface area contributed by atoms with Gasteiger partial charge in [0.05, 0.1) is 0 Å². The first-order valence-electron chi connectivity index (χ1n) is 7.62. The Morgan fingerprint density at radius 1 is 1.11 bits per heavy atom. The van der Waals surface area contributed by atoms with E-state index in [1.165, 1.54) is 38.2 Å². The molecule has 0 unspecified atom stereocenters. The average molecular weight is 257 g/mol. The fourth-order valence-corrected chi connectivity index (χ4v) is 3.93. The summed E-state index contributed by atoms with van der Waals surface area (Å²) in [5.74, 6) is 0.822. The lowest BCUT2D eigenvalue weighted by molar-refractivity contribution is 0.313. The van der Waals surface area contributed by atoms with Gasteiger partial charge in [0.1, 0.15) is 0 Å². The van der Waals surface area contributed by atoms with Gasteiger partial charge >= 0.3 is 0 Å². The van der Waals surface area contributed by atoms with Crippen LogP contribution in [0.5, 0.6) is 0 Å². The van der Waals surface area contributed by atoms with Crippen molar-refractivity contribution in [2.45, 2.75) is 24.8 Å². The topological polar surface area (TPSA) is 18.5 Å². The second-order valence-electron chi connectivity index (χ2n) is 6.33. The summed E-state index contributed by atoms with van der Waals surface area (Å²) in [4.78, 5) is 4.96. The minimum absolute atomic E-state index is 0.626. The molecule has 2 fully saturated rings. The highest BCUT2D eigenvalue weighted by Crippen LogP contribution is 2.45. The van der Waals surface area contributed by atoms with Crippen LogP contribution >= 0.6 is 0 Å². The van der Waals surface area contributed by atoms with Crippen LogP contribution < -0.4 is 10.2 Å². The number of piperidine rings is 1. The summed E-state index contributed by atoms with van der Waals surface area (Å²) in [7, 11) is 2.22. The second-order valence-corrected chi connectivity index (χ2v) is 6.33. The Bertz CT molecular complexity index is 477. The van der Waals surface area contributed by atoms with Crippen molar-refractivity contribution in [3.8, 4) is 0 Å². The molecular weight excluding hydrogens is 234 g/mol. The molecule has 1 N–H and O–H groups in total. The predicted octanol–water partition coefficient (Wildman–Crippen LogP) is 1.96. The summed E-state index contributed by atoms with van der Waals surface area (Å²) in [6.45, 7) is 5.88. The first-order valence-corrected chi connectivity index (χ1v) is 7.62. The van der Waals surface area contributed by atoms with Crippen LogP contribution in [0.2, 0.25) is 0 Å². The second kappa shape index (κ2) is 4.50. The lowest BCUT2D eigenvalue weighted by Crippen LogP contribution is -2.44. The van der Waals surface area contributed by atoms with E-state index in [4.69, 9.17) is 0 Å². The molecule has 2 heterocycles. The van der Waals surface area contributed by atoms with Crippen molar-refractivity contribution < 1.29 is 0 Å². The molecule has 0 saturated carbocycles. The molecule has 1 aromatic carbocycles. The monoisotopic (exact) mass is 257 g/mol. The van der Waals surface area contributed by atoms with Crippen LogP contribution in [0.1, 0.15) is 35.9 Å². The minimum atomic E-state index is 0.626. The van der Waals surface area contributed by atoms with Crippen LogP contribution in [0.25, 0.3) is 0 Å². The van der Waals surface area contributed by atoms with Gasteiger partial charge in [-0.05, 0) is 55.6 Å². The number of rotatable bonds is 1. The van der Waals surface area contributed by atoms with Crippen molar-refractivity contribution >= 4 is 5.69 Å². The van der Waals surface area contributed by atoms with E-state index >= 15 is 0 Å². The van der Waals surface area contributed by atoms with Crippen LogP contribution in [-0.2, 0) is 0 Å². The number of fused-ring (bicyclic) bond motifs is 5. The van der Waals surface area contributed by atoms with E-state index in [2.05, 4.69) is 40.4 Å². The lowest BCUT2D eigenvalue weighted by atomic mass is 9.96. The zero-order valence-corrected chi connectivity index (χ0v) is 11.7. The number of nitrogens with one attached hydrogen (secondary N) is 1. The van der Waals surface area contributed by atoms with Crippen LogP contribution in [0.15, 0.2) is 18.2 Å². The fourth-order valence-electron chi connectivity index (χ4n) is 3.93. The van der Waals surface area contributed by atoms with Crippen molar-refractivity contribution in [2.24, 2.45) is 0 Å². The first kappa shape index (κ1) is 11.7. The number of hydrogen-bond acceptors (Lipinski definition) is 3. The Morgan fingerprint density at radius 2 is 1.95 bits per heavy atom. The maximum atomic E-state index is 3.68. The SMILES string of the molecule is CN1CCN(c2ccc3c(c2)[C@H]2C[C@H]3CCN2)CC1. The molecule has 102 valence electrons. The van der Waals surface area contributed by atoms with Gasteiger partial charge in [0.2, 0.25) is 0 Å². The molecule has 2 aliphatic heterocycles. The Kier molecular flexibility index (Phi) is 2.78. The maximum Gasteiger partial charge on any atom is 0.0370 e. The standard InChI is InChI=1S/C16H23N3/c1-18-6-8-19(9-7-18)13-2-3-14-12-4-5-17-16(10-12)15(14)11-13/h2-3,11-12,16-17H,4-10H2,1H3/t12-,16-/m1/s1. The maximum absolute atomic E-state index is 3.68. The molecular formula is C16H23N3. The third kappa shape index (κ3) is 1.96. The highest BCUT2D eigenvalue weighted by Gasteiger charge is 2.34. The zero-order chi connectivity index (χ0) is 12.8. The average Bonchev–Trinajstić information content (AvgIpc) is 2.71. The normalized spacial score (nSPS) is 30.5. The predicted molar refractivity (Wildman–Crippen MR) is 78.9 cm³/mol.